The van der Waals surface area contributed by atoms with Gasteiger partial charge in [-0.3, -0.25) is 5.41 Å². The quantitative estimate of drug-likeness (QED) is 0.770. The predicted octanol–water partition coefficient (Wildman–Crippen LogP) is 1.71. The lowest BCUT2D eigenvalue weighted by molar-refractivity contribution is 0.344. The van der Waals surface area contributed by atoms with E-state index in [4.69, 9.17) is 5.41 Å². The van der Waals surface area contributed by atoms with E-state index in [9.17, 15) is 8.94 Å². The Morgan fingerprint density at radius 2 is 2.26 bits per heavy atom. The molecule has 1 saturated heterocycles. The summed E-state index contributed by atoms with van der Waals surface area (Å²) in [6.45, 7) is 0. The first kappa shape index (κ1) is 12.7. The molecule has 0 aromatic heterocycles. The van der Waals surface area contributed by atoms with Gasteiger partial charge >= 0.3 is 0 Å². The molecule has 0 amide bonds. The maximum absolute atomic E-state index is 14.1. The summed E-state index contributed by atoms with van der Waals surface area (Å²) in [6.07, 6.45) is 2.38. The van der Waals surface area contributed by atoms with Crippen LogP contribution in [0.3, 0.4) is 0 Å². The van der Waals surface area contributed by atoms with Crippen molar-refractivity contribution in [2.75, 3.05) is 7.05 Å². The van der Waals surface area contributed by atoms with E-state index < -0.39 is 16.9 Å². The zero-order valence-electron chi connectivity index (χ0n) is 10.6. The normalized spacial score (nSPS) is 34.1. The van der Waals surface area contributed by atoms with Gasteiger partial charge in [-0.05, 0) is 18.9 Å². The minimum atomic E-state index is -1.29. The third kappa shape index (κ3) is 1.74. The fraction of sp³-hybridized carbons (Fsp3) is 0.462. The van der Waals surface area contributed by atoms with Crippen LogP contribution in [-0.2, 0) is 16.9 Å². The van der Waals surface area contributed by atoms with E-state index in [1.165, 1.54) is 10.4 Å². The molecule has 1 aromatic carbocycles. The highest BCUT2D eigenvalue weighted by Crippen LogP contribution is 2.46. The number of guanidine groups is 1. The van der Waals surface area contributed by atoms with Gasteiger partial charge in [-0.15, -0.1) is 0 Å². The van der Waals surface area contributed by atoms with Crippen molar-refractivity contribution < 1.29 is 8.94 Å². The number of fused-ring (bicyclic) bond motifs is 1. The Hall–Kier alpha value is -1.27. The number of nitrogens with one attached hydrogen (secondary N) is 2. The molecule has 3 rings (SSSR count). The summed E-state index contributed by atoms with van der Waals surface area (Å²) >= 11 is -1.29. The second-order valence-electron chi connectivity index (χ2n) is 5.08. The van der Waals surface area contributed by atoms with E-state index in [0.29, 0.717) is 12.0 Å². The van der Waals surface area contributed by atoms with Gasteiger partial charge in [0.1, 0.15) is 11.4 Å². The van der Waals surface area contributed by atoms with E-state index >= 15 is 0 Å². The monoisotopic (exact) mass is 281 g/mol. The smallest absolute Gasteiger partial charge is 0.234 e. The topological polar surface area (TPSA) is 62.2 Å². The molecule has 3 atom stereocenters. The molecule has 1 aliphatic carbocycles. The molecule has 2 aliphatic rings. The van der Waals surface area contributed by atoms with E-state index in [1.54, 1.807) is 25.2 Å². The van der Waals surface area contributed by atoms with Crippen LogP contribution in [0.5, 0.6) is 0 Å². The molecule has 4 nitrogen and oxygen atoms in total. The van der Waals surface area contributed by atoms with E-state index in [2.05, 4.69) is 5.32 Å². The number of halogens is 1. The fourth-order valence-electron chi connectivity index (χ4n) is 3.16. The summed E-state index contributed by atoms with van der Waals surface area (Å²) in [5.41, 5.74) is -0.163. The molecule has 0 spiro atoms. The molecular weight excluding hydrogens is 265 g/mol. The van der Waals surface area contributed by atoms with E-state index in [0.717, 1.165) is 12.8 Å². The average molecular weight is 281 g/mol. The molecule has 1 heterocycles. The maximum atomic E-state index is 14.1. The molecule has 1 saturated carbocycles. The molecule has 0 bridgehead atoms. The Labute approximate surface area is 114 Å². The van der Waals surface area contributed by atoms with Gasteiger partial charge in [0.2, 0.25) is 5.96 Å². The van der Waals surface area contributed by atoms with Crippen molar-refractivity contribution in [3.05, 3.63) is 35.6 Å². The Bertz CT molecular complexity index is 526. The van der Waals surface area contributed by atoms with Crippen LogP contribution in [-0.4, -0.2) is 27.1 Å². The first-order valence-electron chi connectivity index (χ1n) is 6.32. The van der Waals surface area contributed by atoms with Crippen LogP contribution in [0, 0.1) is 11.2 Å². The van der Waals surface area contributed by atoms with Crippen molar-refractivity contribution in [3.63, 3.8) is 0 Å². The Balaban J connectivity index is 2.11. The van der Waals surface area contributed by atoms with Gasteiger partial charge in [-0.2, -0.15) is 4.31 Å². The second-order valence-corrected chi connectivity index (χ2v) is 6.75. The molecule has 1 aromatic rings. The molecule has 19 heavy (non-hydrogen) atoms. The molecule has 6 heteroatoms. The van der Waals surface area contributed by atoms with Gasteiger partial charge in [0.15, 0.2) is 5.25 Å². The molecular formula is C13H16FN3OS. The van der Waals surface area contributed by atoms with Crippen molar-refractivity contribution in [2.24, 2.45) is 0 Å². The third-order valence-electron chi connectivity index (χ3n) is 4.11. The van der Waals surface area contributed by atoms with Gasteiger partial charge < -0.3 is 9.87 Å². The van der Waals surface area contributed by atoms with E-state index in [-0.39, 0.29) is 17.0 Å². The second kappa shape index (κ2) is 4.38. The summed E-state index contributed by atoms with van der Waals surface area (Å²) in [6, 6.07) is 6.59. The lowest BCUT2D eigenvalue weighted by atomic mass is 9.87. The Morgan fingerprint density at radius 1 is 1.53 bits per heavy atom. The Morgan fingerprint density at radius 3 is 3.00 bits per heavy atom. The zero-order chi connectivity index (χ0) is 13.6. The number of benzene rings is 1. The van der Waals surface area contributed by atoms with Crippen LogP contribution in [0.25, 0.3) is 0 Å². The van der Waals surface area contributed by atoms with Crippen LogP contribution >= 0.6 is 0 Å². The highest BCUT2D eigenvalue weighted by Gasteiger charge is 2.58. The first-order chi connectivity index (χ1) is 9.06. The number of hydrogen-bond donors (Lipinski definition) is 2. The summed E-state index contributed by atoms with van der Waals surface area (Å²) in [4.78, 5) is 0. The minimum Gasteiger partial charge on any atom is -0.593 e. The van der Waals surface area contributed by atoms with Crippen molar-refractivity contribution in [1.82, 2.24) is 9.62 Å². The number of nitrogens with zero attached hydrogens (tertiary/aromatic N) is 1. The van der Waals surface area contributed by atoms with Gasteiger partial charge in [0.25, 0.3) is 0 Å². The Kier molecular flexibility index (Phi) is 2.94. The van der Waals surface area contributed by atoms with Gasteiger partial charge in [-0.1, -0.05) is 18.2 Å². The van der Waals surface area contributed by atoms with Gasteiger partial charge in [0.05, 0.1) is 18.4 Å². The average Bonchev–Trinajstić information content (AvgIpc) is 2.81. The van der Waals surface area contributed by atoms with Gasteiger partial charge in [0, 0.05) is 12.0 Å². The van der Waals surface area contributed by atoms with Crippen LogP contribution < -0.4 is 5.32 Å². The summed E-state index contributed by atoms with van der Waals surface area (Å²) in [5, 5.41) is 10.8. The summed E-state index contributed by atoms with van der Waals surface area (Å²) < 4.78 is 28.0. The van der Waals surface area contributed by atoms with Crippen LogP contribution in [0.4, 0.5) is 4.39 Å². The van der Waals surface area contributed by atoms with Crippen LogP contribution in [0.1, 0.15) is 24.8 Å². The maximum Gasteiger partial charge on any atom is 0.234 e. The molecule has 0 radical (unpaired) electrons. The first-order valence-corrected chi connectivity index (χ1v) is 7.49. The van der Waals surface area contributed by atoms with Crippen molar-refractivity contribution in [1.29, 1.82) is 5.41 Å². The fourth-order valence-corrected chi connectivity index (χ4v) is 4.78. The number of rotatable bonds is 1. The molecule has 1 aliphatic heterocycles. The van der Waals surface area contributed by atoms with Crippen LogP contribution in [0.2, 0.25) is 0 Å². The zero-order valence-corrected chi connectivity index (χ0v) is 11.5. The lowest BCUT2D eigenvalue weighted by Gasteiger charge is -2.44. The largest absolute Gasteiger partial charge is 0.593 e. The van der Waals surface area contributed by atoms with Crippen LogP contribution in [0.15, 0.2) is 24.3 Å². The SMILES string of the molecule is CN1C(=N)NC2(c3ccccc3F)CCCC2[S+]1[O-]. The molecule has 2 N–H and O–H groups in total. The van der Waals surface area contributed by atoms with E-state index in [1.807, 2.05) is 0 Å². The molecule has 3 unspecified atom stereocenters. The summed E-state index contributed by atoms with van der Waals surface area (Å²) in [5.74, 6) is -0.198. The highest BCUT2D eigenvalue weighted by molar-refractivity contribution is 7.90. The highest BCUT2D eigenvalue weighted by atomic mass is 32.2. The standard InChI is InChI=1S/C13H16FN3OS/c1-17-12(15)16-13(8-4-7-11(13)19(17)18)9-5-2-3-6-10(9)14/h2-3,5-6,11H,4,7-8H2,1H3,(H2,15,16). The lowest BCUT2D eigenvalue weighted by Crippen LogP contribution is -2.65. The van der Waals surface area contributed by atoms with Gasteiger partial charge in [-0.25, -0.2) is 4.39 Å². The third-order valence-corrected chi connectivity index (χ3v) is 5.96. The summed E-state index contributed by atoms with van der Waals surface area (Å²) in [7, 11) is 1.63. The minimum absolute atomic E-state index is 0.0970. The van der Waals surface area contributed by atoms with Crippen molar-refractivity contribution >= 4 is 17.3 Å². The van der Waals surface area contributed by atoms with Crippen molar-refractivity contribution in [2.45, 2.75) is 30.1 Å². The molecule has 2 fully saturated rings. The molecule has 102 valence electrons. The predicted molar refractivity (Wildman–Crippen MR) is 72.5 cm³/mol. The van der Waals surface area contributed by atoms with Crippen molar-refractivity contribution in [3.8, 4) is 0 Å². The number of hydrogen-bond acceptors (Lipinski definition) is 2.